The van der Waals surface area contributed by atoms with Crippen molar-refractivity contribution in [1.82, 2.24) is 20.4 Å². The van der Waals surface area contributed by atoms with Crippen molar-refractivity contribution in [1.29, 1.82) is 0 Å². The van der Waals surface area contributed by atoms with Crippen molar-refractivity contribution in [2.24, 2.45) is 5.92 Å². The normalized spacial score (nSPS) is 14.9. The molecule has 0 radical (unpaired) electrons. The Kier molecular flexibility index (Phi) is 7.28. The Balaban J connectivity index is 1.32. The number of rotatable bonds is 7. The number of ether oxygens (including phenoxy) is 2. The van der Waals surface area contributed by atoms with Crippen LogP contribution in [0.15, 0.2) is 47.0 Å². The highest BCUT2D eigenvalue weighted by Gasteiger charge is 2.30. The van der Waals surface area contributed by atoms with E-state index in [-0.39, 0.29) is 29.4 Å². The molecule has 1 aromatic heterocycles. The number of halogens is 1. The van der Waals surface area contributed by atoms with E-state index in [4.69, 9.17) is 14.0 Å². The third-order valence-electron chi connectivity index (χ3n) is 6.02. The molecule has 2 aromatic carbocycles. The van der Waals surface area contributed by atoms with Gasteiger partial charge in [-0.1, -0.05) is 5.16 Å². The topological polar surface area (TPSA) is 107 Å². The number of benzene rings is 2. The summed E-state index contributed by atoms with van der Waals surface area (Å²) in [4.78, 5) is 31.9. The molecule has 2 amide bonds. The Bertz CT molecular complexity index is 1170. The van der Waals surface area contributed by atoms with Crippen molar-refractivity contribution in [3.05, 3.63) is 59.7 Å². The predicted molar refractivity (Wildman–Crippen MR) is 124 cm³/mol. The molecule has 2 heterocycles. The fraction of sp³-hybridized carbons (Fsp3) is 0.360. The van der Waals surface area contributed by atoms with E-state index in [1.165, 1.54) is 26.4 Å². The number of hydrogen-bond donors (Lipinski definition) is 1. The number of nitrogens with one attached hydrogen (secondary N) is 1. The molecule has 1 aliphatic rings. The second-order valence-corrected chi connectivity index (χ2v) is 8.36. The second kappa shape index (κ2) is 10.5. The van der Waals surface area contributed by atoms with Crippen molar-refractivity contribution in [2.75, 3.05) is 27.3 Å². The zero-order chi connectivity index (χ0) is 24.9. The molecule has 0 spiro atoms. The highest BCUT2D eigenvalue weighted by Crippen LogP contribution is 2.26. The zero-order valence-electron chi connectivity index (χ0n) is 19.8. The Hall–Kier alpha value is -3.95. The van der Waals surface area contributed by atoms with Gasteiger partial charge in [0.15, 0.2) is 0 Å². The predicted octanol–water partition coefficient (Wildman–Crippen LogP) is 3.62. The molecule has 9 nitrogen and oxygen atoms in total. The number of hydrogen-bond acceptors (Lipinski definition) is 7. The molecule has 0 saturated carbocycles. The lowest BCUT2D eigenvalue weighted by Crippen LogP contribution is -2.43. The van der Waals surface area contributed by atoms with Crippen LogP contribution in [0.25, 0.3) is 11.4 Å². The Labute approximate surface area is 202 Å². The van der Waals surface area contributed by atoms with Gasteiger partial charge in [0, 0.05) is 36.2 Å². The van der Waals surface area contributed by atoms with Crippen LogP contribution in [-0.4, -0.2) is 54.2 Å². The van der Waals surface area contributed by atoms with Gasteiger partial charge in [-0.15, -0.1) is 0 Å². The van der Waals surface area contributed by atoms with Gasteiger partial charge in [-0.3, -0.25) is 9.59 Å². The third kappa shape index (κ3) is 5.59. The van der Waals surface area contributed by atoms with Crippen LogP contribution in [0.4, 0.5) is 4.39 Å². The van der Waals surface area contributed by atoms with E-state index in [0.717, 1.165) is 0 Å². The van der Waals surface area contributed by atoms with E-state index in [2.05, 4.69) is 15.5 Å². The summed E-state index contributed by atoms with van der Waals surface area (Å²) in [6.45, 7) is 2.68. The summed E-state index contributed by atoms with van der Waals surface area (Å²) in [5.74, 6) is 0.816. The SMILES string of the molecule is COc1cc(OC)cc(C(=O)N2CCC(C(=O)NC(C)c3nc(-c4ccc(F)cc4)no3)CC2)c1. The smallest absolute Gasteiger partial charge is 0.254 e. The van der Waals surface area contributed by atoms with Crippen molar-refractivity contribution in [3.8, 4) is 22.9 Å². The summed E-state index contributed by atoms with van der Waals surface area (Å²) in [5, 5.41) is 6.83. The molecule has 0 bridgehead atoms. The average Bonchev–Trinajstić information content (AvgIpc) is 3.39. The van der Waals surface area contributed by atoms with Crippen LogP contribution in [0, 0.1) is 11.7 Å². The number of carbonyl (C=O) groups excluding carboxylic acids is 2. The highest BCUT2D eigenvalue weighted by molar-refractivity contribution is 5.95. The summed E-state index contributed by atoms with van der Waals surface area (Å²) in [7, 11) is 3.07. The van der Waals surface area contributed by atoms with Gasteiger partial charge >= 0.3 is 0 Å². The first kappa shape index (κ1) is 24.2. The van der Waals surface area contributed by atoms with E-state index in [1.54, 1.807) is 42.2 Å². The minimum atomic E-state index is -0.492. The third-order valence-corrected chi connectivity index (χ3v) is 6.02. The molecule has 10 heteroatoms. The minimum absolute atomic E-state index is 0.130. The zero-order valence-corrected chi connectivity index (χ0v) is 19.8. The monoisotopic (exact) mass is 482 g/mol. The van der Waals surface area contributed by atoms with Crippen molar-refractivity contribution >= 4 is 11.8 Å². The molecule has 1 unspecified atom stereocenters. The van der Waals surface area contributed by atoms with E-state index >= 15 is 0 Å². The van der Waals surface area contributed by atoms with Crippen molar-refractivity contribution < 1.29 is 28.0 Å². The van der Waals surface area contributed by atoms with Crippen LogP contribution >= 0.6 is 0 Å². The Morgan fingerprint density at radius 1 is 1.09 bits per heavy atom. The molecule has 35 heavy (non-hydrogen) atoms. The molecule has 1 aliphatic heterocycles. The Morgan fingerprint density at radius 3 is 2.31 bits per heavy atom. The first-order valence-corrected chi connectivity index (χ1v) is 11.3. The molecular weight excluding hydrogens is 455 g/mol. The maximum Gasteiger partial charge on any atom is 0.254 e. The number of amides is 2. The second-order valence-electron chi connectivity index (χ2n) is 8.36. The maximum atomic E-state index is 13.1. The van der Waals surface area contributed by atoms with Gasteiger partial charge in [0.2, 0.25) is 17.6 Å². The molecule has 184 valence electrons. The van der Waals surface area contributed by atoms with Gasteiger partial charge in [-0.2, -0.15) is 4.98 Å². The summed E-state index contributed by atoms with van der Waals surface area (Å²) >= 11 is 0. The number of piperidine rings is 1. The molecular formula is C25H27FN4O5. The lowest BCUT2D eigenvalue weighted by atomic mass is 9.95. The van der Waals surface area contributed by atoms with Crippen molar-refractivity contribution in [3.63, 3.8) is 0 Å². The van der Waals surface area contributed by atoms with Crippen LogP contribution in [0.2, 0.25) is 0 Å². The van der Waals surface area contributed by atoms with Crippen molar-refractivity contribution in [2.45, 2.75) is 25.8 Å². The number of likely N-dealkylation sites (tertiary alicyclic amines) is 1. The minimum Gasteiger partial charge on any atom is -0.497 e. The standard InChI is InChI=1S/C25H27FN4O5/c1-15(24-28-22(29-35-24)16-4-6-19(26)7-5-16)27-23(31)17-8-10-30(11-9-17)25(32)18-12-20(33-2)14-21(13-18)34-3/h4-7,12-15,17H,8-11H2,1-3H3,(H,27,31). The Morgan fingerprint density at radius 2 is 1.71 bits per heavy atom. The number of nitrogens with zero attached hydrogens (tertiary/aromatic N) is 3. The first-order valence-electron chi connectivity index (χ1n) is 11.3. The van der Waals surface area contributed by atoms with Crippen LogP contribution in [-0.2, 0) is 4.79 Å². The van der Waals surface area contributed by atoms with Gasteiger partial charge in [0.25, 0.3) is 5.91 Å². The van der Waals surface area contributed by atoms with Gasteiger partial charge < -0.3 is 24.2 Å². The number of methoxy groups -OCH3 is 2. The van der Waals surface area contributed by atoms with Gasteiger partial charge in [-0.05, 0) is 56.2 Å². The summed E-state index contributed by atoms with van der Waals surface area (Å²) in [6.07, 6.45) is 1.08. The quantitative estimate of drug-likeness (QED) is 0.548. The largest absolute Gasteiger partial charge is 0.497 e. The molecule has 1 atom stereocenters. The van der Waals surface area contributed by atoms with E-state index in [0.29, 0.717) is 54.4 Å². The molecule has 1 saturated heterocycles. The highest BCUT2D eigenvalue weighted by atomic mass is 19.1. The average molecular weight is 483 g/mol. The van der Waals surface area contributed by atoms with E-state index in [9.17, 15) is 14.0 Å². The number of carbonyl (C=O) groups is 2. The fourth-order valence-electron chi connectivity index (χ4n) is 3.98. The summed E-state index contributed by atoms with van der Waals surface area (Å²) < 4.78 is 28.9. The van der Waals surface area contributed by atoms with Crippen LogP contribution in [0.1, 0.15) is 42.1 Å². The number of aromatic nitrogens is 2. The lowest BCUT2D eigenvalue weighted by molar-refractivity contribution is -0.127. The molecule has 1 N–H and O–H groups in total. The van der Waals surface area contributed by atoms with Gasteiger partial charge in [0.05, 0.1) is 14.2 Å². The fourth-order valence-corrected chi connectivity index (χ4v) is 3.98. The summed E-state index contributed by atoms with van der Waals surface area (Å²) in [5.41, 5.74) is 1.09. The van der Waals surface area contributed by atoms with Gasteiger partial charge in [-0.25, -0.2) is 4.39 Å². The lowest BCUT2D eigenvalue weighted by Gasteiger charge is -2.32. The van der Waals surface area contributed by atoms with E-state index in [1.807, 2.05) is 0 Å². The summed E-state index contributed by atoms with van der Waals surface area (Å²) in [6, 6.07) is 10.3. The van der Waals surface area contributed by atoms with Crippen LogP contribution < -0.4 is 14.8 Å². The van der Waals surface area contributed by atoms with Crippen LogP contribution in [0.3, 0.4) is 0 Å². The molecule has 0 aliphatic carbocycles. The van der Waals surface area contributed by atoms with E-state index < -0.39 is 6.04 Å². The van der Waals surface area contributed by atoms with Gasteiger partial charge in [0.1, 0.15) is 23.4 Å². The van der Waals surface area contributed by atoms with Crippen LogP contribution in [0.5, 0.6) is 11.5 Å². The molecule has 4 rings (SSSR count). The molecule has 3 aromatic rings. The first-order chi connectivity index (χ1) is 16.9. The maximum absolute atomic E-state index is 13.1. The molecule has 1 fully saturated rings.